The minimum atomic E-state index is -1.68. The maximum Gasteiger partial charge on any atom is 1.00 e. The van der Waals surface area contributed by atoms with E-state index in [1.807, 2.05) is 0 Å². The number of anilines is 1. The summed E-state index contributed by atoms with van der Waals surface area (Å²) >= 11 is 5.81. The van der Waals surface area contributed by atoms with Crippen LogP contribution >= 0.6 is 11.6 Å². The molecule has 0 radical (unpaired) electrons. The van der Waals surface area contributed by atoms with Crippen LogP contribution in [0.4, 0.5) is 11.4 Å². The second-order valence-corrected chi connectivity index (χ2v) is 4.69. The molecule has 10 heteroatoms. The number of nitro groups is 1. The largest absolute Gasteiger partial charge is 1.00 e. The zero-order valence-electron chi connectivity index (χ0n) is 12.5. The number of carbonyl (C=O) groups is 4. The second kappa shape index (κ2) is 6.66. The van der Waals surface area contributed by atoms with Gasteiger partial charge in [-0.25, -0.2) is 4.90 Å². The maximum absolute atomic E-state index is 12.0. The number of hydrogen-bond donors (Lipinski definition) is 0. The number of nitrogens with zero attached hydrogens (tertiary/aromatic N) is 2. The first-order chi connectivity index (χ1) is 9.75. The number of ketones is 2. The Bertz CT molecular complexity index is 726. The number of amides is 2. The SMILES string of the molecule is CC(=O)C1C(=O)C(=O)N(c2ccc([N+](=O)[O-])cc2Cl)C1=O.[H-].[Na+]. The first kappa shape index (κ1) is 18.4. The Labute approximate surface area is 152 Å². The molecule has 1 fully saturated rings. The third-order valence-corrected chi connectivity index (χ3v) is 3.24. The molecule has 22 heavy (non-hydrogen) atoms. The Morgan fingerprint density at radius 3 is 2.36 bits per heavy atom. The van der Waals surface area contributed by atoms with E-state index in [0.717, 1.165) is 25.1 Å². The summed E-state index contributed by atoms with van der Waals surface area (Å²) in [5.41, 5.74) is -0.508. The zero-order valence-corrected chi connectivity index (χ0v) is 14.3. The second-order valence-electron chi connectivity index (χ2n) is 4.28. The van der Waals surface area contributed by atoms with Gasteiger partial charge in [-0.05, 0) is 13.0 Å². The van der Waals surface area contributed by atoms with Gasteiger partial charge in [0.05, 0.1) is 15.6 Å². The number of Topliss-reactive ketones (excluding diaryl/α,β-unsaturated/α-hetero) is 2. The van der Waals surface area contributed by atoms with Crippen molar-refractivity contribution in [3.05, 3.63) is 33.3 Å². The standard InChI is InChI=1S/C12H7ClN2O6.Na.H/c1-5(16)9-10(17)12(19)14(11(9)18)8-3-2-6(15(20)21)4-7(8)13;;/h2-4,9H,1H3;;/q;+1;-1. The van der Waals surface area contributed by atoms with E-state index < -0.39 is 34.2 Å². The van der Waals surface area contributed by atoms with Crippen LogP contribution in [-0.2, 0) is 19.2 Å². The summed E-state index contributed by atoms with van der Waals surface area (Å²) in [6.07, 6.45) is 0. The average molecular weight is 335 g/mol. The Hall–Kier alpha value is -1.61. The molecule has 1 unspecified atom stereocenters. The van der Waals surface area contributed by atoms with Crippen LogP contribution in [0, 0.1) is 16.0 Å². The van der Waals surface area contributed by atoms with Gasteiger partial charge in [-0.1, -0.05) is 11.6 Å². The number of benzene rings is 1. The van der Waals surface area contributed by atoms with Crippen LogP contribution in [0.15, 0.2) is 18.2 Å². The van der Waals surface area contributed by atoms with Gasteiger partial charge in [0.15, 0.2) is 5.92 Å². The van der Waals surface area contributed by atoms with Crippen molar-refractivity contribution in [1.82, 2.24) is 0 Å². The van der Waals surface area contributed by atoms with Gasteiger partial charge in [-0.3, -0.25) is 29.3 Å². The van der Waals surface area contributed by atoms with Gasteiger partial charge in [-0.2, -0.15) is 0 Å². The van der Waals surface area contributed by atoms with Crippen molar-refractivity contribution < 1.29 is 55.1 Å². The van der Waals surface area contributed by atoms with E-state index in [9.17, 15) is 29.3 Å². The van der Waals surface area contributed by atoms with Crippen LogP contribution in [0.2, 0.25) is 5.02 Å². The molecule has 1 aliphatic heterocycles. The fourth-order valence-electron chi connectivity index (χ4n) is 1.95. The summed E-state index contributed by atoms with van der Waals surface area (Å²) in [6.45, 7) is 1.02. The molecule has 2 amide bonds. The average Bonchev–Trinajstić information content (AvgIpc) is 2.61. The summed E-state index contributed by atoms with van der Waals surface area (Å²) in [5.74, 6) is -5.76. The van der Waals surface area contributed by atoms with E-state index in [0.29, 0.717) is 4.90 Å². The van der Waals surface area contributed by atoms with E-state index in [1.54, 1.807) is 0 Å². The van der Waals surface area contributed by atoms with Gasteiger partial charge < -0.3 is 1.43 Å². The molecule has 110 valence electrons. The first-order valence-electron chi connectivity index (χ1n) is 5.62. The molecular weight excluding hydrogens is 327 g/mol. The van der Waals surface area contributed by atoms with Crippen molar-refractivity contribution in [2.45, 2.75) is 6.92 Å². The quantitative estimate of drug-likeness (QED) is 0.158. The molecule has 8 nitrogen and oxygen atoms in total. The van der Waals surface area contributed by atoms with Gasteiger partial charge in [0, 0.05) is 12.1 Å². The Balaban J connectivity index is 0.00000242. The number of halogens is 1. The number of imide groups is 1. The summed E-state index contributed by atoms with van der Waals surface area (Å²) in [5, 5.41) is 10.4. The van der Waals surface area contributed by atoms with Gasteiger partial charge in [0.25, 0.3) is 11.6 Å². The molecule has 1 aromatic rings. The van der Waals surface area contributed by atoms with Crippen molar-refractivity contribution in [2.75, 3.05) is 4.90 Å². The first-order valence-corrected chi connectivity index (χ1v) is 6.00. The molecule has 0 saturated carbocycles. The smallest absolute Gasteiger partial charge is 1.00 e. The monoisotopic (exact) mass is 334 g/mol. The third kappa shape index (κ3) is 2.95. The molecule has 2 rings (SSSR count). The number of rotatable bonds is 3. The fraction of sp³-hybridized carbons (Fsp3) is 0.167. The summed E-state index contributed by atoms with van der Waals surface area (Å²) in [6, 6.07) is 3.06. The van der Waals surface area contributed by atoms with Gasteiger partial charge in [0.2, 0.25) is 5.78 Å². The molecular formula is C12H8ClN2NaO6. The van der Waals surface area contributed by atoms with Crippen LogP contribution in [0.1, 0.15) is 8.35 Å². The third-order valence-electron chi connectivity index (χ3n) is 2.93. The molecule has 0 bridgehead atoms. The van der Waals surface area contributed by atoms with Crippen molar-refractivity contribution in [1.29, 1.82) is 0 Å². The van der Waals surface area contributed by atoms with Crippen molar-refractivity contribution in [3.63, 3.8) is 0 Å². The molecule has 1 heterocycles. The summed E-state index contributed by atoms with van der Waals surface area (Å²) in [7, 11) is 0. The minimum absolute atomic E-state index is 0. The van der Waals surface area contributed by atoms with Gasteiger partial charge in [0.1, 0.15) is 5.78 Å². The summed E-state index contributed by atoms with van der Waals surface area (Å²) < 4.78 is 0. The van der Waals surface area contributed by atoms with Crippen LogP contribution in [0.3, 0.4) is 0 Å². The number of nitro benzene ring substituents is 1. The maximum atomic E-state index is 12.0. The minimum Gasteiger partial charge on any atom is -1.00 e. The molecule has 0 aromatic heterocycles. The van der Waals surface area contributed by atoms with Crippen molar-refractivity contribution in [2.24, 2.45) is 5.92 Å². The number of non-ortho nitro benzene ring substituents is 1. The van der Waals surface area contributed by atoms with Crippen molar-refractivity contribution >= 4 is 46.4 Å². The fourth-order valence-corrected chi connectivity index (χ4v) is 2.21. The molecule has 0 aliphatic carbocycles. The number of hydrogen-bond acceptors (Lipinski definition) is 6. The topological polar surface area (TPSA) is 115 Å². The van der Waals surface area contributed by atoms with E-state index in [2.05, 4.69) is 0 Å². The normalized spacial score (nSPS) is 17.5. The molecule has 1 atom stereocenters. The van der Waals surface area contributed by atoms with Crippen molar-refractivity contribution in [3.8, 4) is 0 Å². The Kier molecular flexibility index (Phi) is 5.58. The van der Waals surface area contributed by atoms with Crippen LogP contribution in [0.5, 0.6) is 0 Å². The van der Waals surface area contributed by atoms with E-state index in [1.165, 1.54) is 0 Å². The molecule has 1 aromatic carbocycles. The Morgan fingerprint density at radius 1 is 1.36 bits per heavy atom. The van der Waals surface area contributed by atoms with Crippen LogP contribution in [0.25, 0.3) is 0 Å². The van der Waals surface area contributed by atoms with Crippen LogP contribution in [-0.4, -0.2) is 28.3 Å². The molecule has 0 N–H and O–H groups in total. The van der Waals surface area contributed by atoms with Crippen LogP contribution < -0.4 is 34.5 Å². The zero-order chi connectivity index (χ0) is 15.9. The van der Waals surface area contributed by atoms with Gasteiger partial charge >= 0.3 is 35.5 Å². The Morgan fingerprint density at radius 2 is 1.95 bits per heavy atom. The number of carbonyl (C=O) groups excluding carboxylic acids is 4. The molecule has 1 aliphatic rings. The summed E-state index contributed by atoms with van der Waals surface area (Å²) in [4.78, 5) is 57.1. The van der Waals surface area contributed by atoms with E-state index in [4.69, 9.17) is 11.6 Å². The predicted octanol–water partition coefficient (Wildman–Crippen LogP) is -1.99. The van der Waals surface area contributed by atoms with E-state index >= 15 is 0 Å². The molecule has 1 saturated heterocycles. The predicted molar refractivity (Wildman–Crippen MR) is 70.9 cm³/mol. The van der Waals surface area contributed by atoms with Gasteiger partial charge in [-0.15, -0.1) is 0 Å². The molecule has 0 spiro atoms. The van der Waals surface area contributed by atoms with E-state index in [-0.39, 0.29) is 47.4 Å².